The summed E-state index contributed by atoms with van der Waals surface area (Å²) in [5, 5.41) is 2.70. The number of hydrogen-bond acceptors (Lipinski definition) is 4. The van der Waals surface area contributed by atoms with E-state index in [-0.39, 0.29) is 23.9 Å². The van der Waals surface area contributed by atoms with Crippen LogP contribution in [0.15, 0.2) is 24.3 Å². The fourth-order valence-corrected chi connectivity index (χ4v) is 4.25. The summed E-state index contributed by atoms with van der Waals surface area (Å²) in [6, 6.07) is 5.94. The number of aromatic nitrogens is 1. The Bertz CT molecular complexity index is 995. The second-order valence-corrected chi connectivity index (χ2v) is 7.59. The largest absolute Gasteiger partial charge is 0.464 e. The predicted octanol–water partition coefficient (Wildman–Crippen LogP) is 2.48. The van der Waals surface area contributed by atoms with Gasteiger partial charge in [0.1, 0.15) is 11.9 Å². The highest BCUT2D eigenvalue weighted by Gasteiger charge is 2.31. The zero-order valence-corrected chi connectivity index (χ0v) is 16.3. The van der Waals surface area contributed by atoms with Gasteiger partial charge in [0.2, 0.25) is 5.91 Å². The summed E-state index contributed by atoms with van der Waals surface area (Å²) in [4.78, 5) is 36.9. The van der Waals surface area contributed by atoms with Crippen LogP contribution in [0.2, 0.25) is 0 Å². The number of benzene rings is 1. The molecular weight excluding hydrogens is 375 g/mol. The van der Waals surface area contributed by atoms with Gasteiger partial charge in [0, 0.05) is 35.4 Å². The van der Waals surface area contributed by atoms with Crippen LogP contribution in [0.5, 0.6) is 0 Å². The maximum atomic E-state index is 14.2. The zero-order valence-electron chi connectivity index (χ0n) is 16.3. The number of amides is 1. The fourth-order valence-electron chi connectivity index (χ4n) is 4.25. The Morgan fingerprint density at radius 3 is 2.79 bits per heavy atom. The first-order chi connectivity index (χ1) is 14.0. The SMILES string of the molecule is Cc1c(CC(=O)N[C@H]2CCOC2=O)c2c(n1Cc1ccccc1F)CCCC2=O. The lowest BCUT2D eigenvalue weighted by Crippen LogP contribution is -2.39. The molecule has 2 aliphatic rings. The zero-order chi connectivity index (χ0) is 20.5. The minimum atomic E-state index is -0.630. The normalized spacial score (nSPS) is 18.5. The number of nitrogens with one attached hydrogen (secondary N) is 1. The Kier molecular flexibility index (Phi) is 5.22. The van der Waals surface area contributed by atoms with Crippen LogP contribution in [0.3, 0.4) is 0 Å². The van der Waals surface area contributed by atoms with Crippen molar-refractivity contribution in [2.75, 3.05) is 6.61 Å². The Morgan fingerprint density at radius 2 is 2.07 bits per heavy atom. The lowest BCUT2D eigenvalue weighted by molar-refractivity contribution is -0.141. The van der Waals surface area contributed by atoms with Crippen molar-refractivity contribution >= 4 is 17.7 Å². The molecule has 0 radical (unpaired) electrons. The van der Waals surface area contributed by atoms with Gasteiger partial charge in [-0.05, 0) is 31.4 Å². The highest BCUT2D eigenvalue weighted by molar-refractivity contribution is 6.01. The lowest BCUT2D eigenvalue weighted by atomic mass is 9.92. The molecule has 1 aliphatic carbocycles. The molecule has 152 valence electrons. The molecule has 2 aromatic rings. The number of Topliss-reactive ketones (excluding diaryl/α,β-unsaturated/α-hetero) is 1. The average molecular weight is 398 g/mol. The van der Waals surface area contributed by atoms with Crippen LogP contribution in [0.1, 0.15) is 52.1 Å². The number of esters is 1. The highest BCUT2D eigenvalue weighted by Crippen LogP contribution is 2.31. The standard InChI is InChI=1S/C22H23FN2O4/c1-13-15(11-20(27)24-17-9-10-29-22(17)28)21-18(7-4-8-19(21)26)25(13)12-14-5-2-3-6-16(14)23/h2-3,5-6,17H,4,7-12H2,1H3,(H,24,27)/t17-/m0/s1. The van der Waals surface area contributed by atoms with Gasteiger partial charge in [-0.15, -0.1) is 0 Å². The third-order valence-corrected chi connectivity index (χ3v) is 5.75. The number of ketones is 1. The van der Waals surface area contributed by atoms with Crippen LogP contribution in [0.4, 0.5) is 4.39 Å². The molecule has 6 nitrogen and oxygen atoms in total. The average Bonchev–Trinajstić information content (AvgIpc) is 3.20. The molecule has 1 amide bonds. The van der Waals surface area contributed by atoms with E-state index in [4.69, 9.17) is 4.74 Å². The Hall–Kier alpha value is -2.96. The molecule has 1 N–H and O–H groups in total. The minimum absolute atomic E-state index is 0.00790. The van der Waals surface area contributed by atoms with E-state index < -0.39 is 12.0 Å². The van der Waals surface area contributed by atoms with Gasteiger partial charge in [0.15, 0.2) is 5.78 Å². The number of cyclic esters (lactones) is 1. The van der Waals surface area contributed by atoms with Crippen LogP contribution in [0, 0.1) is 12.7 Å². The fraction of sp³-hybridized carbons (Fsp3) is 0.409. The number of nitrogens with zero attached hydrogens (tertiary/aromatic N) is 1. The van der Waals surface area contributed by atoms with Crippen molar-refractivity contribution in [2.45, 2.75) is 51.6 Å². The van der Waals surface area contributed by atoms with Crippen molar-refractivity contribution < 1.29 is 23.5 Å². The molecule has 1 atom stereocenters. The van der Waals surface area contributed by atoms with E-state index in [1.807, 2.05) is 11.5 Å². The Labute approximate surface area is 168 Å². The second-order valence-electron chi connectivity index (χ2n) is 7.59. The molecule has 4 rings (SSSR count). The van der Waals surface area contributed by atoms with Crippen molar-refractivity contribution in [3.8, 4) is 0 Å². The maximum Gasteiger partial charge on any atom is 0.328 e. The molecule has 1 aromatic heterocycles. The van der Waals surface area contributed by atoms with Crippen LogP contribution in [0.25, 0.3) is 0 Å². The topological polar surface area (TPSA) is 77.4 Å². The van der Waals surface area contributed by atoms with Gasteiger partial charge in [0.25, 0.3) is 0 Å². The van der Waals surface area contributed by atoms with Gasteiger partial charge >= 0.3 is 5.97 Å². The van der Waals surface area contributed by atoms with Crippen LogP contribution in [-0.2, 0) is 33.7 Å². The van der Waals surface area contributed by atoms with Crippen molar-refractivity contribution in [1.29, 1.82) is 0 Å². The lowest BCUT2D eigenvalue weighted by Gasteiger charge is -2.16. The summed E-state index contributed by atoms with van der Waals surface area (Å²) in [6.45, 7) is 2.47. The number of carbonyl (C=O) groups excluding carboxylic acids is 3. The highest BCUT2D eigenvalue weighted by atomic mass is 19.1. The molecule has 1 aliphatic heterocycles. The molecule has 1 aromatic carbocycles. The molecule has 0 saturated carbocycles. The molecule has 0 spiro atoms. The molecule has 29 heavy (non-hydrogen) atoms. The molecule has 7 heteroatoms. The summed E-state index contributed by atoms with van der Waals surface area (Å²) in [5.74, 6) is -1.02. The summed E-state index contributed by atoms with van der Waals surface area (Å²) in [5.41, 5.74) is 3.46. The van der Waals surface area contributed by atoms with E-state index in [0.717, 1.165) is 17.8 Å². The molecule has 0 unspecified atom stereocenters. The van der Waals surface area contributed by atoms with Crippen molar-refractivity contribution in [3.63, 3.8) is 0 Å². The summed E-state index contributed by atoms with van der Waals surface area (Å²) < 4.78 is 21.0. The number of halogens is 1. The Morgan fingerprint density at radius 1 is 1.28 bits per heavy atom. The van der Waals surface area contributed by atoms with E-state index in [0.29, 0.717) is 49.1 Å². The van der Waals surface area contributed by atoms with Gasteiger partial charge in [-0.25, -0.2) is 9.18 Å². The third-order valence-electron chi connectivity index (χ3n) is 5.75. The van der Waals surface area contributed by atoms with Gasteiger partial charge in [-0.1, -0.05) is 18.2 Å². The van der Waals surface area contributed by atoms with Crippen molar-refractivity contribution in [2.24, 2.45) is 0 Å². The maximum absolute atomic E-state index is 14.2. The number of hydrogen-bond donors (Lipinski definition) is 1. The summed E-state index contributed by atoms with van der Waals surface area (Å²) >= 11 is 0. The van der Waals surface area contributed by atoms with E-state index in [2.05, 4.69) is 5.32 Å². The summed E-state index contributed by atoms with van der Waals surface area (Å²) in [7, 11) is 0. The summed E-state index contributed by atoms with van der Waals surface area (Å²) in [6.07, 6.45) is 2.36. The third kappa shape index (κ3) is 3.69. The van der Waals surface area contributed by atoms with E-state index in [1.165, 1.54) is 6.07 Å². The minimum Gasteiger partial charge on any atom is -0.464 e. The predicted molar refractivity (Wildman–Crippen MR) is 103 cm³/mol. The number of fused-ring (bicyclic) bond motifs is 1. The van der Waals surface area contributed by atoms with Crippen LogP contribution in [-0.4, -0.2) is 34.9 Å². The smallest absolute Gasteiger partial charge is 0.328 e. The van der Waals surface area contributed by atoms with E-state index in [9.17, 15) is 18.8 Å². The molecule has 2 heterocycles. The van der Waals surface area contributed by atoms with Crippen molar-refractivity contribution in [1.82, 2.24) is 9.88 Å². The molecular formula is C22H23FN2O4. The quantitative estimate of drug-likeness (QED) is 0.785. The van der Waals surface area contributed by atoms with Crippen molar-refractivity contribution in [3.05, 3.63) is 58.2 Å². The van der Waals surface area contributed by atoms with Gasteiger partial charge in [0.05, 0.1) is 19.6 Å². The molecule has 1 saturated heterocycles. The van der Waals surface area contributed by atoms with Gasteiger partial charge in [-0.3, -0.25) is 9.59 Å². The van der Waals surface area contributed by atoms with Crippen LogP contribution >= 0.6 is 0 Å². The van der Waals surface area contributed by atoms with Gasteiger partial charge in [-0.2, -0.15) is 0 Å². The number of carbonyl (C=O) groups is 3. The van der Waals surface area contributed by atoms with Gasteiger partial charge < -0.3 is 14.6 Å². The second kappa shape index (κ2) is 7.81. The Balaban J connectivity index is 1.65. The first-order valence-electron chi connectivity index (χ1n) is 9.89. The first kappa shape index (κ1) is 19.4. The van der Waals surface area contributed by atoms with E-state index >= 15 is 0 Å². The molecule has 0 bridgehead atoms. The van der Waals surface area contributed by atoms with E-state index in [1.54, 1.807) is 18.2 Å². The number of ether oxygens (including phenoxy) is 1. The molecule has 1 fully saturated rings. The van der Waals surface area contributed by atoms with Crippen LogP contribution < -0.4 is 5.32 Å². The number of rotatable bonds is 5. The first-order valence-corrected chi connectivity index (χ1v) is 9.89. The monoisotopic (exact) mass is 398 g/mol.